The van der Waals surface area contributed by atoms with Crippen LogP contribution in [0.3, 0.4) is 0 Å². The van der Waals surface area contributed by atoms with Crippen LogP contribution in [0.1, 0.15) is 29.5 Å². The first-order chi connectivity index (χ1) is 13.3. The Labute approximate surface area is 159 Å². The molecule has 2 heterocycles. The van der Waals surface area contributed by atoms with Gasteiger partial charge in [0.15, 0.2) is 0 Å². The molecule has 0 saturated carbocycles. The quantitative estimate of drug-likeness (QED) is 0.697. The Balaban J connectivity index is 1.90. The van der Waals surface area contributed by atoms with Gasteiger partial charge in [0.1, 0.15) is 18.2 Å². The average Bonchev–Trinajstić information content (AvgIpc) is 3.21. The van der Waals surface area contributed by atoms with Crippen LogP contribution in [0.25, 0.3) is 5.57 Å². The van der Waals surface area contributed by atoms with Crippen molar-refractivity contribution in [1.82, 2.24) is 4.90 Å². The molecule has 0 unspecified atom stereocenters. The van der Waals surface area contributed by atoms with Crippen molar-refractivity contribution in [2.75, 3.05) is 19.7 Å². The molecule has 0 aliphatic carbocycles. The zero-order valence-electron chi connectivity index (χ0n) is 14.9. The molecule has 146 valence electrons. The largest absolute Gasteiger partial charge is 0.488 e. The highest BCUT2D eigenvalue weighted by molar-refractivity contribution is 6.06. The Morgan fingerprint density at radius 2 is 1.68 bits per heavy atom. The van der Waals surface area contributed by atoms with Gasteiger partial charge < -0.3 is 9.64 Å². The molecule has 2 aliphatic rings. The van der Waals surface area contributed by atoms with Gasteiger partial charge in [-0.3, -0.25) is 4.79 Å². The van der Waals surface area contributed by atoms with E-state index in [2.05, 4.69) is 0 Å². The van der Waals surface area contributed by atoms with Crippen molar-refractivity contribution in [3.05, 3.63) is 70.5 Å². The number of fused-ring (bicyclic) bond motifs is 1. The minimum atomic E-state index is -4.53. The number of halogens is 4. The van der Waals surface area contributed by atoms with Crippen molar-refractivity contribution in [1.29, 1.82) is 0 Å². The molecule has 1 amide bonds. The summed E-state index contributed by atoms with van der Waals surface area (Å²) in [6, 6.07) is 8.60. The van der Waals surface area contributed by atoms with E-state index in [1.54, 1.807) is 4.90 Å². The highest BCUT2D eigenvalue weighted by Gasteiger charge is 2.34. The number of hydrogen-bond acceptors (Lipinski definition) is 2. The topological polar surface area (TPSA) is 29.5 Å². The smallest absolute Gasteiger partial charge is 0.416 e. The molecule has 1 fully saturated rings. The maximum Gasteiger partial charge on any atom is 0.416 e. The van der Waals surface area contributed by atoms with E-state index in [1.807, 2.05) is 0 Å². The molecule has 0 aromatic heterocycles. The number of likely N-dealkylation sites (tertiary alicyclic amines) is 1. The Kier molecular flexibility index (Phi) is 4.61. The van der Waals surface area contributed by atoms with Crippen LogP contribution in [0.5, 0.6) is 5.75 Å². The monoisotopic (exact) mass is 391 g/mol. The lowest BCUT2D eigenvalue weighted by molar-refractivity contribution is -0.137. The molecule has 2 aromatic rings. The fourth-order valence-electron chi connectivity index (χ4n) is 3.64. The normalized spacial score (nSPS) is 16.8. The van der Waals surface area contributed by atoms with Crippen molar-refractivity contribution >= 4 is 11.5 Å². The molecule has 0 bridgehead atoms. The Morgan fingerprint density at radius 1 is 1.00 bits per heavy atom. The Bertz CT molecular complexity index is 942. The number of hydrogen-bond donors (Lipinski definition) is 0. The van der Waals surface area contributed by atoms with Crippen LogP contribution in [-0.2, 0) is 11.0 Å². The highest BCUT2D eigenvalue weighted by atomic mass is 19.4. The summed E-state index contributed by atoms with van der Waals surface area (Å²) >= 11 is 0. The van der Waals surface area contributed by atoms with Crippen molar-refractivity contribution in [2.45, 2.75) is 19.0 Å². The van der Waals surface area contributed by atoms with Crippen molar-refractivity contribution < 1.29 is 27.1 Å². The van der Waals surface area contributed by atoms with Gasteiger partial charge in [0.2, 0.25) is 0 Å². The second-order valence-electron chi connectivity index (χ2n) is 6.86. The molecule has 0 radical (unpaired) electrons. The van der Waals surface area contributed by atoms with E-state index in [0.717, 1.165) is 25.0 Å². The van der Waals surface area contributed by atoms with Gasteiger partial charge in [-0.05, 0) is 48.7 Å². The fourth-order valence-corrected chi connectivity index (χ4v) is 3.64. The SMILES string of the molecule is O=C(C1=C(c2ccc(F)cc2)c2cc(C(F)(F)F)ccc2OC1)N1CCCC1. The van der Waals surface area contributed by atoms with Gasteiger partial charge in [0.05, 0.1) is 11.1 Å². The summed E-state index contributed by atoms with van der Waals surface area (Å²) in [4.78, 5) is 14.7. The second kappa shape index (κ2) is 6.96. The lowest BCUT2D eigenvalue weighted by Gasteiger charge is -2.27. The molecular weight excluding hydrogens is 374 g/mol. The van der Waals surface area contributed by atoms with E-state index < -0.39 is 17.6 Å². The van der Waals surface area contributed by atoms with E-state index in [9.17, 15) is 22.4 Å². The van der Waals surface area contributed by atoms with Gasteiger partial charge >= 0.3 is 6.18 Å². The number of benzene rings is 2. The molecular formula is C21H17F4NO2. The zero-order chi connectivity index (χ0) is 19.9. The van der Waals surface area contributed by atoms with Crippen LogP contribution in [0.4, 0.5) is 17.6 Å². The molecule has 2 aromatic carbocycles. The number of rotatable bonds is 2. The number of carbonyl (C=O) groups excluding carboxylic acids is 1. The van der Waals surface area contributed by atoms with E-state index in [4.69, 9.17) is 4.74 Å². The summed E-state index contributed by atoms with van der Waals surface area (Å²) in [6.07, 6.45) is -2.75. The summed E-state index contributed by atoms with van der Waals surface area (Å²) in [5.74, 6) is -0.446. The summed E-state index contributed by atoms with van der Waals surface area (Å²) in [5.41, 5.74) is 0.497. The van der Waals surface area contributed by atoms with Crippen LogP contribution in [-0.4, -0.2) is 30.5 Å². The van der Waals surface area contributed by atoms with Crippen LogP contribution < -0.4 is 4.74 Å². The van der Waals surface area contributed by atoms with Crippen LogP contribution in [0, 0.1) is 5.82 Å². The minimum absolute atomic E-state index is 0.0413. The van der Waals surface area contributed by atoms with Crippen molar-refractivity contribution in [2.24, 2.45) is 0 Å². The van der Waals surface area contributed by atoms with Gasteiger partial charge in [0.25, 0.3) is 5.91 Å². The third-order valence-corrected chi connectivity index (χ3v) is 5.03. The Hall–Kier alpha value is -2.83. The summed E-state index contributed by atoms with van der Waals surface area (Å²) in [7, 11) is 0. The van der Waals surface area contributed by atoms with Crippen molar-refractivity contribution in [3.63, 3.8) is 0 Å². The van der Waals surface area contributed by atoms with E-state index in [0.29, 0.717) is 29.8 Å². The molecule has 0 spiro atoms. The molecule has 2 aliphatic heterocycles. The van der Waals surface area contributed by atoms with E-state index in [-0.39, 0.29) is 23.8 Å². The number of ether oxygens (including phenoxy) is 1. The van der Waals surface area contributed by atoms with Gasteiger partial charge in [0, 0.05) is 24.2 Å². The third kappa shape index (κ3) is 3.37. The third-order valence-electron chi connectivity index (χ3n) is 5.03. The molecule has 0 atom stereocenters. The van der Waals surface area contributed by atoms with Gasteiger partial charge in [-0.25, -0.2) is 4.39 Å². The first-order valence-electron chi connectivity index (χ1n) is 8.97. The fraction of sp³-hybridized carbons (Fsp3) is 0.286. The van der Waals surface area contributed by atoms with Crippen LogP contribution in [0.2, 0.25) is 0 Å². The summed E-state index contributed by atoms with van der Waals surface area (Å²) in [6.45, 7) is 1.17. The van der Waals surface area contributed by atoms with Gasteiger partial charge in [-0.2, -0.15) is 13.2 Å². The molecule has 1 saturated heterocycles. The predicted molar refractivity (Wildman–Crippen MR) is 95.2 cm³/mol. The molecule has 28 heavy (non-hydrogen) atoms. The highest BCUT2D eigenvalue weighted by Crippen LogP contribution is 2.41. The van der Waals surface area contributed by atoms with Crippen LogP contribution >= 0.6 is 0 Å². The number of alkyl halides is 3. The summed E-state index contributed by atoms with van der Waals surface area (Å²) in [5, 5.41) is 0. The zero-order valence-corrected chi connectivity index (χ0v) is 14.9. The average molecular weight is 391 g/mol. The molecule has 4 rings (SSSR count). The van der Waals surface area contributed by atoms with Crippen LogP contribution in [0.15, 0.2) is 48.0 Å². The first-order valence-corrected chi connectivity index (χ1v) is 8.97. The molecule has 0 N–H and O–H groups in total. The number of nitrogens with zero attached hydrogens (tertiary/aromatic N) is 1. The standard InChI is InChI=1S/C21H17F4NO2/c22-15-6-3-13(4-7-15)19-16-11-14(21(23,24)25)5-8-18(16)28-12-17(19)20(27)26-9-1-2-10-26/h3-8,11H,1-2,9-10,12H2. The second-order valence-corrected chi connectivity index (χ2v) is 6.86. The lowest BCUT2D eigenvalue weighted by Crippen LogP contribution is -2.33. The van der Waals surface area contributed by atoms with Gasteiger partial charge in [-0.15, -0.1) is 0 Å². The Morgan fingerprint density at radius 3 is 2.32 bits per heavy atom. The lowest BCUT2D eigenvalue weighted by atomic mass is 9.89. The predicted octanol–water partition coefficient (Wildman–Crippen LogP) is 4.66. The number of amides is 1. The maximum absolute atomic E-state index is 13.4. The van der Waals surface area contributed by atoms with Gasteiger partial charge in [-0.1, -0.05) is 12.1 Å². The summed E-state index contributed by atoms with van der Waals surface area (Å²) < 4.78 is 58.8. The van der Waals surface area contributed by atoms with E-state index in [1.165, 1.54) is 30.3 Å². The first kappa shape index (κ1) is 18.5. The molecule has 3 nitrogen and oxygen atoms in total. The number of carbonyl (C=O) groups is 1. The van der Waals surface area contributed by atoms with E-state index >= 15 is 0 Å². The molecule has 7 heteroatoms. The maximum atomic E-state index is 13.4. The minimum Gasteiger partial charge on any atom is -0.488 e. The van der Waals surface area contributed by atoms with Crippen molar-refractivity contribution in [3.8, 4) is 5.75 Å².